The third-order valence-corrected chi connectivity index (χ3v) is 2.64. The molecule has 6 heteroatoms. The molecule has 0 saturated carbocycles. The second-order valence-electron chi connectivity index (χ2n) is 3.84. The molecule has 0 radical (unpaired) electrons. The Kier molecular flexibility index (Phi) is 4.29. The van der Waals surface area contributed by atoms with E-state index in [4.69, 9.17) is 11.6 Å². The molecule has 0 aliphatic heterocycles. The normalized spacial score (nSPS) is 16.6. The Morgan fingerprint density at radius 2 is 2.25 bits per heavy atom. The standard InChI is InChI=1S/C10H15ClFN3O/c1-6-4-13-15(5-6)8(3)7(2)14-10(16)9(11)12/h4-5,7-9H,1-3H3,(H,14,16). The van der Waals surface area contributed by atoms with E-state index >= 15 is 0 Å². The summed E-state index contributed by atoms with van der Waals surface area (Å²) in [5.74, 6) is -0.815. The third-order valence-electron chi connectivity index (χ3n) is 2.44. The summed E-state index contributed by atoms with van der Waals surface area (Å²) >= 11 is 5.03. The van der Waals surface area contributed by atoms with Crippen molar-refractivity contribution in [3.63, 3.8) is 0 Å². The zero-order valence-corrected chi connectivity index (χ0v) is 10.2. The summed E-state index contributed by atoms with van der Waals surface area (Å²) in [5.41, 5.74) is -0.972. The minimum absolute atomic E-state index is 0.0620. The number of carbonyl (C=O) groups is 1. The van der Waals surface area contributed by atoms with E-state index in [1.807, 2.05) is 20.0 Å². The number of alkyl halides is 2. The molecule has 0 bridgehead atoms. The summed E-state index contributed by atoms with van der Waals surface area (Å²) in [6.45, 7) is 5.59. The predicted octanol–water partition coefficient (Wildman–Crippen LogP) is 1.79. The number of aryl methyl sites for hydroxylation is 1. The van der Waals surface area contributed by atoms with Crippen molar-refractivity contribution in [3.05, 3.63) is 18.0 Å². The van der Waals surface area contributed by atoms with Gasteiger partial charge in [-0.05, 0) is 26.3 Å². The summed E-state index contributed by atoms with van der Waals surface area (Å²) in [6, 6.07) is -0.308. The van der Waals surface area contributed by atoms with Gasteiger partial charge in [0, 0.05) is 12.2 Å². The Hall–Kier alpha value is -1.10. The average molecular weight is 248 g/mol. The highest BCUT2D eigenvalue weighted by Gasteiger charge is 2.20. The number of halogens is 2. The van der Waals surface area contributed by atoms with Crippen LogP contribution in [0.15, 0.2) is 12.4 Å². The SMILES string of the molecule is Cc1cnn(C(C)C(C)NC(=O)C(F)Cl)c1. The van der Waals surface area contributed by atoms with Crippen LogP contribution in [0.2, 0.25) is 0 Å². The number of amides is 1. The first-order valence-electron chi connectivity index (χ1n) is 5.01. The minimum Gasteiger partial charge on any atom is -0.348 e. The van der Waals surface area contributed by atoms with Crippen molar-refractivity contribution in [2.45, 2.75) is 38.5 Å². The van der Waals surface area contributed by atoms with Crippen molar-refractivity contribution < 1.29 is 9.18 Å². The summed E-state index contributed by atoms with van der Waals surface area (Å²) in [5, 5.41) is 6.61. The molecule has 0 aliphatic rings. The lowest BCUT2D eigenvalue weighted by Gasteiger charge is -2.21. The van der Waals surface area contributed by atoms with Gasteiger partial charge in [-0.3, -0.25) is 9.48 Å². The van der Waals surface area contributed by atoms with E-state index in [2.05, 4.69) is 10.4 Å². The van der Waals surface area contributed by atoms with E-state index in [-0.39, 0.29) is 12.1 Å². The molecule has 1 amide bonds. The Bertz CT molecular complexity index is 367. The Labute approximate surface area is 98.8 Å². The lowest BCUT2D eigenvalue weighted by molar-refractivity contribution is -0.124. The van der Waals surface area contributed by atoms with E-state index in [0.717, 1.165) is 5.56 Å². The van der Waals surface area contributed by atoms with Gasteiger partial charge >= 0.3 is 0 Å². The van der Waals surface area contributed by atoms with Crippen LogP contribution >= 0.6 is 11.6 Å². The number of rotatable bonds is 4. The molecule has 90 valence electrons. The van der Waals surface area contributed by atoms with E-state index < -0.39 is 11.5 Å². The molecule has 0 saturated heterocycles. The molecule has 4 nitrogen and oxygen atoms in total. The van der Waals surface area contributed by atoms with Gasteiger partial charge in [-0.1, -0.05) is 11.6 Å². The smallest absolute Gasteiger partial charge is 0.270 e. The number of aromatic nitrogens is 2. The molecule has 1 aromatic heterocycles. The van der Waals surface area contributed by atoms with Crippen LogP contribution in [0.25, 0.3) is 0 Å². The number of hydrogen-bond donors (Lipinski definition) is 1. The minimum atomic E-state index is -2.01. The maximum Gasteiger partial charge on any atom is 0.270 e. The lowest BCUT2D eigenvalue weighted by atomic mass is 10.2. The van der Waals surface area contributed by atoms with Crippen molar-refractivity contribution >= 4 is 17.5 Å². The molecule has 1 N–H and O–H groups in total. The second-order valence-corrected chi connectivity index (χ2v) is 4.22. The fourth-order valence-electron chi connectivity index (χ4n) is 1.29. The summed E-state index contributed by atoms with van der Waals surface area (Å²) in [7, 11) is 0. The van der Waals surface area contributed by atoms with Crippen molar-refractivity contribution in [2.24, 2.45) is 0 Å². The molecule has 1 rings (SSSR count). The second kappa shape index (κ2) is 5.30. The molecular weight excluding hydrogens is 233 g/mol. The Balaban J connectivity index is 2.60. The maximum atomic E-state index is 12.5. The monoisotopic (exact) mass is 247 g/mol. The zero-order chi connectivity index (χ0) is 12.3. The zero-order valence-electron chi connectivity index (χ0n) is 9.45. The highest BCUT2D eigenvalue weighted by molar-refractivity contribution is 6.29. The van der Waals surface area contributed by atoms with Crippen LogP contribution in [0.1, 0.15) is 25.5 Å². The molecule has 3 unspecified atom stereocenters. The van der Waals surface area contributed by atoms with Crippen LogP contribution < -0.4 is 5.32 Å². The van der Waals surface area contributed by atoms with Crippen molar-refractivity contribution in [3.8, 4) is 0 Å². The van der Waals surface area contributed by atoms with Gasteiger partial charge in [0.25, 0.3) is 11.5 Å². The lowest BCUT2D eigenvalue weighted by Crippen LogP contribution is -2.41. The molecular formula is C10H15ClFN3O. The first-order valence-corrected chi connectivity index (χ1v) is 5.44. The van der Waals surface area contributed by atoms with E-state index in [9.17, 15) is 9.18 Å². The van der Waals surface area contributed by atoms with Gasteiger partial charge in [0.1, 0.15) is 0 Å². The van der Waals surface area contributed by atoms with Gasteiger partial charge in [0.2, 0.25) is 0 Å². The first kappa shape index (κ1) is 13.0. The van der Waals surface area contributed by atoms with Crippen LogP contribution in [0.3, 0.4) is 0 Å². The summed E-state index contributed by atoms with van der Waals surface area (Å²) < 4.78 is 14.2. The molecule has 1 heterocycles. The molecule has 0 aromatic carbocycles. The first-order chi connectivity index (χ1) is 7.41. The van der Waals surface area contributed by atoms with E-state index in [1.54, 1.807) is 17.8 Å². The van der Waals surface area contributed by atoms with Crippen LogP contribution in [0.5, 0.6) is 0 Å². The Morgan fingerprint density at radius 1 is 1.62 bits per heavy atom. The summed E-state index contributed by atoms with van der Waals surface area (Å²) in [4.78, 5) is 11.0. The fraction of sp³-hybridized carbons (Fsp3) is 0.600. The number of nitrogens with one attached hydrogen (secondary N) is 1. The molecule has 1 aromatic rings. The fourth-order valence-corrected chi connectivity index (χ4v) is 1.36. The van der Waals surface area contributed by atoms with Gasteiger partial charge in [-0.2, -0.15) is 5.10 Å². The molecule has 3 atom stereocenters. The predicted molar refractivity (Wildman–Crippen MR) is 60.0 cm³/mol. The van der Waals surface area contributed by atoms with Gasteiger partial charge < -0.3 is 5.32 Å². The molecule has 0 spiro atoms. The topological polar surface area (TPSA) is 46.9 Å². The quantitative estimate of drug-likeness (QED) is 0.825. The molecule has 0 aliphatic carbocycles. The van der Waals surface area contributed by atoms with Crippen molar-refractivity contribution in [1.29, 1.82) is 0 Å². The van der Waals surface area contributed by atoms with Crippen LogP contribution in [-0.2, 0) is 4.79 Å². The van der Waals surface area contributed by atoms with Crippen LogP contribution in [-0.4, -0.2) is 27.4 Å². The van der Waals surface area contributed by atoms with Gasteiger partial charge in [0.05, 0.1) is 12.2 Å². The van der Waals surface area contributed by atoms with Gasteiger partial charge in [0.15, 0.2) is 0 Å². The molecule has 0 fully saturated rings. The van der Waals surface area contributed by atoms with Crippen LogP contribution in [0, 0.1) is 6.92 Å². The third kappa shape index (κ3) is 3.20. The highest BCUT2D eigenvalue weighted by atomic mass is 35.5. The van der Waals surface area contributed by atoms with Crippen molar-refractivity contribution in [2.75, 3.05) is 0 Å². The largest absolute Gasteiger partial charge is 0.348 e. The Morgan fingerprint density at radius 3 is 2.69 bits per heavy atom. The van der Waals surface area contributed by atoms with Gasteiger partial charge in [-0.15, -0.1) is 0 Å². The van der Waals surface area contributed by atoms with Crippen molar-refractivity contribution in [1.82, 2.24) is 15.1 Å². The molecule has 16 heavy (non-hydrogen) atoms. The van der Waals surface area contributed by atoms with E-state index in [1.165, 1.54) is 0 Å². The van der Waals surface area contributed by atoms with E-state index in [0.29, 0.717) is 0 Å². The average Bonchev–Trinajstić information content (AvgIpc) is 2.63. The van der Waals surface area contributed by atoms with Crippen LogP contribution in [0.4, 0.5) is 4.39 Å². The summed E-state index contributed by atoms with van der Waals surface area (Å²) in [6.07, 6.45) is 3.59. The maximum absolute atomic E-state index is 12.5. The van der Waals surface area contributed by atoms with Gasteiger partial charge in [-0.25, -0.2) is 4.39 Å². The number of hydrogen-bond acceptors (Lipinski definition) is 2. The number of nitrogens with zero attached hydrogens (tertiary/aromatic N) is 2. The highest BCUT2D eigenvalue weighted by Crippen LogP contribution is 2.11. The number of carbonyl (C=O) groups excluding carboxylic acids is 1.